The second-order valence-corrected chi connectivity index (χ2v) is 7.21. The number of ether oxygens (including phenoxy) is 4. The Morgan fingerprint density at radius 1 is 1.10 bits per heavy atom. The number of benzene rings is 2. The molecule has 2 aromatic rings. The molecule has 0 aromatic heterocycles. The lowest BCUT2D eigenvalue weighted by Gasteiger charge is -2.14. The standard InChI is InChI=1S/C20H24IN3O4S/c1-4-22-20(29)24-23-13-14-10-17(21)19(18(11-14)26-3)28-9-8-27-16-7-5-6-15(12-16)25-2/h5-7,10-13H,4,8-9H2,1-3H3,(H2,22,24,29)/b23-13-. The van der Waals surface area contributed by atoms with Crippen molar-refractivity contribution in [1.29, 1.82) is 0 Å². The zero-order chi connectivity index (χ0) is 21.1. The van der Waals surface area contributed by atoms with Crippen LogP contribution in [0.15, 0.2) is 41.5 Å². The lowest BCUT2D eigenvalue weighted by atomic mass is 10.2. The van der Waals surface area contributed by atoms with Crippen molar-refractivity contribution in [3.8, 4) is 23.0 Å². The van der Waals surface area contributed by atoms with Crippen LogP contribution in [0.5, 0.6) is 23.0 Å². The van der Waals surface area contributed by atoms with Crippen LogP contribution in [-0.4, -0.2) is 45.3 Å². The first-order valence-corrected chi connectivity index (χ1v) is 10.4. The molecule has 0 fully saturated rings. The van der Waals surface area contributed by atoms with Gasteiger partial charge in [0.25, 0.3) is 0 Å². The highest BCUT2D eigenvalue weighted by atomic mass is 127. The molecule has 0 saturated carbocycles. The first kappa shape index (κ1) is 23.0. The minimum atomic E-state index is 0.371. The summed E-state index contributed by atoms with van der Waals surface area (Å²) in [4.78, 5) is 0. The van der Waals surface area contributed by atoms with Gasteiger partial charge in [-0.3, -0.25) is 5.43 Å². The van der Waals surface area contributed by atoms with Gasteiger partial charge < -0.3 is 24.3 Å². The number of hydrazone groups is 1. The van der Waals surface area contributed by atoms with Crippen molar-refractivity contribution in [2.24, 2.45) is 5.10 Å². The molecule has 7 nitrogen and oxygen atoms in total. The van der Waals surface area contributed by atoms with Crippen molar-refractivity contribution in [3.63, 3.8) is 0 Å². The van der Waals surface area contributed by atoms with Crippen LogP contribution in [0.2, 0.25) is 0 Å². The van der Waals surface area contributed by atoms with Crippen molar-refractivity contribution in [2.45, 2.75) is 6.92 Å². The number of hydrogen-bond donors (Lipinski definition) is 2. The van der Waals surface area contributed by atoms with Gasteiger partial charge in [0, 0.05) is 12.6 Å². The summed E-state index contributed by atoms with van der Waals surface area (Å²) in [5.74, 6) is 2.76. The number of hydrogen-bond acceptors (Lipinski definition) is 6. The summed E-state index contributed by atoms with van der Waals surface area (Å²) in [6.07, 6.45) is 1.67. The van der Waals surface area contributed by atoms with Gasteiger partial charge in [-0.1, -0.05) is 6.07 Å². The number of methoxy groups -OCH3 is 2. The Labute approximate surface area is 189 Å². The molecule has 0 unspecified atom stereocenters. The zero-order valence-electron chi connectivity index (χ0n) is 16.5. The van der Waals surface area contributed by atoms with Crippen LogP contribution in [0.1, 0.15) is 12.5 Å². The van der Waals surface area contributed by atoms with Crippen LogP contribution in [0.3, 0.4) is 0 Å². The fraction of sp³-hybridized carbons (Fsp3) is 0.300. The Bertz CT molecular complexity index is 848. The van der Waals surface area contributed by atoms with Crippen LogP contribution < -0.4 is 29.7 Å². The molecule has 0 saturated heterocycles. The second-order valence-electron chi connectivity index (χ2n) is 5.64. The van der Waals surface area contributed by atoms with Crippen LogP contribution in [-0.2, 0) is 0 Å². The molecule has 0 aliphatic rings. The lowest BCUT2D eigenvalue weighted by Crippen LogP contribution is -2.31. The van der Waals surface area contributed by atoms with E-state index in [4.69, 9.17) is 31.2 Å². The van der Waals surface area contributed by atoms with E-state index >= 15 is 0 Å². The normalized spacial score (nSPS) is 10.5. The molecular formula is C20H24IN3O4S. The summed E-state index contributed by atoms with van der Waals surface area (Å²) >= 11 is 7.27. The number of rotatable bonds is 10. The van der Waals surface area contributed by atoms with Gasteiger partial charge in [-0.25, -0.2) is 0 Å². The van der Waals surface area contributed by atoms with Crippen molar-refractivity contribution < 1.29 is 18.9 Å². The average molecular weight is 529 g/mol. The summed E-state index contributed by atoms with van der Waals surface area (Å²) in [5.41, 5.74) is 3.62. The Balaban J connectivity index is 1.94. The van der Waals surface area contributed by atoms with E-state index in [1.165, 1.54) is 0 Å². The van der Waals surface area contributed by atoms with Gasteiger partial charge in [0.2, 0.25) is 0 Å². The quantitative estimate of drug-likeness (QED) is 0.160. The predicted molar refractivity (Wildman–Crippen MR) is 127 cm³/mol. The van der Waals surface area contributed by atoms with E-state index in [2.05, 4.69) is 38.4 Å². The molecule has 2 rings (SSSR count). The third-order valence-corrected chi connectivity index (χ3v) is 4.65. The van der Waals surface area contributed by atoms with Gasteiger partial charge in [-0.15, -0.1) is 0 Å². The molecule has 0 atom stereocenters. The molecule has 2 N–H and O–H groups in total. The molecular weight excluding hydrogens is 505 g/mol. The molecule has 0 aliphatic carbocycles. The molecule has 29 heavy (non-hydrogen) atoms. The smallest absolute Gasteiger partial charge is 0.186 e. The topological polar surface area (TPSA) is 73.3 Å². The van der Waals surface area contributed by atoms with Crippen molar-refractivity contribution >= 4 is 46.1 Å². The Hall–Kier alpha value is -2.27. The summed E-state index contributed by atoms with van der Waals surface area (Å²) in [5, 5.41) is 7.56. The van der Waals surface area contributed by atoms with Gasteiger partial charge in [0.05, 0.1) is 24.0 Å². The minimum Gasteiger partial charge on any atom is -0.497 e. The molecule has 0 spiro atoms. The molecule has 156 valence electrons. The highest BCUT2D eigenvalue weighted by molar-refractivity contribution is 14.1. The maximum Gasteiger partial charge on any atom is 0.186 e. The average Bonchev–Trinajstić information content (AvgIpc) is 2.72. The second kappa shape index (κ2) is 12.3. The fourth-order valence-electron chi connectivity index (χ4n) is 2.31. The largest absolute Gasteiger partial charge is 0.497 e. The van der Waals surface area contributed by atoms with E-state index in [9.17, 15) is 0 Å². The fourth-order valence-corrected chi connectivity index (χ4v) is 3.29. The third-order valence-electron chi connectivity index (χ3n) is 3.61. The van der Waals surface area contributed by atoms with E-state index < -0.39 is 0 Å². The first-order valence-electron chi connectivity index (χ1n) is 8.91. The minimum absolute atomic E-state index is 0.371. The Kier molecular flexibility index (Phi) is 9.78. The van der Waals surface area contributed by atoms with E-state index in [-0.39, 0.29) is 0 Å². The summed E-state index contributed by atoms with van der Waals surface area (Å²) in [6, 6.07) is 11.2. The van der Waals surface area contributed by atoms with Crippen LogP contribution in [0.25, 0.3) is 0 Å². The van der Waals surface area contributed by atoms with Crippen LogP contribution in [0, 0.1) is 3.57 Å². The van der Waals surface area contributed by atoms with E-state index in [0.29, 0.717) is 29.8 Å². The van der Waals surface area contributed by atoms with Crippen LogP contribution >= 0.6 is 34.8 Å². The molecule has 0 aliphatic heterocycles. The number of nitrogens with zero attached hydrogens (tertiary/aromatic N) is 1. The number of halogens is 1. The van der Waals surface area contributed by atoms with Crippen molar-refractivity contribution in [1.82, 2.24) is 10.7 Å². The number of nitrogens with one attached hydrogen (secondary N) is 2. The summed E-state index contributed by atoms with van der Waals surface area (Å²) < 4.78 is 23.2. The molecule has 9 heteroatoms. The zero-order valence-corrected chi connectivity index (χ0v) is 19.5. The lowest BCUT2D eigenvalue weighted by molar-refractivity contribution is 0.210. The first-order chi connectivity index (χ1) is 14.1. The maximum absolute atomic E-state index is 5.89. The van der Waals surface area contributed by atoms with Crippen molar-refractivity contribution in [2.75, 3.05) is 34.0 Å². The molecule has 0 heterocycles. The SMILES string of the molecule is CCNC(=S)N/N=C\c1cc(I)c(OCCOc2cccc(OC)c2)c(OC)c1. The Morgan fingerprint density at radius 2 is 1.86 bits per heavy atom. The highest BCUT2D eigenvalue weighted by Gasteiger charge is 2.11. The molecule has 0 amide bonds. The van der Waals surface area contributed by atoms with Crippen LogP contribution in [0.4, 0.5) is 0 Å². The predicted octanol–water partition coefficient (Wildman–Crippen LogP) is 3.58. The molecule has 0 radical (unpaired) electrons. The van der Waals surface area contributed by atoms with Gasteiger partial charge in [0.1, 0.15) is 24.7 Å². The summed E-state index contributed by atoms with van der Waals surface area (Å²) in [7, 11) is 3.22. The third kappa shape index (κ3) is 7.58. The molecule has 2 aromatic carbocycles. The van der Waals surface area contributed by atoms with Gasteiger partial charge in [-0.05, 0) is 71.6 Å². The van der Waals surface area contributed by atoms with Gasteiger partial charge in [-0.2, -0.15) is 5.10 Å². The Morgan fingerprint density at radius 3 is 2.59 bits per heavy atom. The van der Waals surface area contributed by atoms with E-state index in [1.54, 1.807) is 20.4 Å². The monoisotopic (exact) mass is 529 g/mol. The summed E-state index contributed by atoms with van der Waals surface area (Å²) in [6.45, 7) is 3.46. The van der Waals surface area contributed by atoms with Gasteiger partial charge >= 0.3 is 0 Å². The maximum atomic E-state index is 5.89. The van der Waals surface area contributed by atoms with E-state index in [0.717, 1.165) is 27.2 Å². The van der Waals surface area contributed by atoms with Gasteiger partial charge in [0.15, 0.2) is 16.6 Å². The van der Waals surface area contributed by atoms with E-state index in [1.807, 2.05) is 43.3 Å². The highest BCUT2D eigenvalue weighted by Crippen LogP contribution is 2.33. The number of thiocarbonyl (C=S) groups is 1. The van der Waals surface area contributed by atoms with Crippen molar-refractivity contribution in [3.05, 3.63) is 45.5 Å². The molecule has 0 bridgehead atoms.